The highest BCUT2D eigenvalue weighted by atomic mass is 32.2. The Labute approximate surface area is 78.6 Å². The van der Waals surface area contributed by atoms with Gasteiger partial charge >= 0.3 is 0 Å². The van der Waals surface area contributed by atoms with Gasteiger partial charge < -0.3 is 0 Å². The Morgan fingerprint density at radius 3 is 2.75 bits per heavy atom. The quantitative estimate of drug-likeness (QED) is 0.656. The van der Waals surface area contributed by atoms with Crippen LogP contribution in [0.4, 0.5) is 0 Å². The van der Waals surface area contributed by atoms with Crippen LogP contribution in [0.15, 0.2) is 10.5 Å². The lowest BCUT2D eigenvalue weighted by Crippen LogP contribution is -2.10. The highest BCUT2D eigenvalue weighted by molar-refractivity contribution is 8.03. The molecule has 12 heavy (non-hydrogen) atoms. The molecule has 0 amide bonds. The van der Waals surface area contributed by atoms with Gasteiger partial charge in [-0.15, -0.1) is 11.8 Å². The highest BCUT2D eigenvalue weighted by Crippen LogP contribution is 2.32. The van der Waals surface area contributed by atoms with E-state index in [0.29, 0.717) is 11.7 Å². The third kappa shape index (κ3) is 2.37. The van der Waals surface area contributed by atoms with E-state index >= 15 is 0 Å². The van der Waals surface area contributed by atoms with E-state index in [9.17, 15) is 4.79 Å². The Morgan fingerprint density at radius 2 is 2.17 bits per heavy atom. The smallest absolute Gasteiger partial charge is 0.160 e. The zero-order valence-corrected chi connectivity index (χ0v) is 8.83. The van der Waals surface area contributed by atoms with Crippen LogP contribution in [-0.2, 0) is 4.79 Å². The standard InChI is InChI=1S/C10H16OS/c1-7(2)6-10-8(3)9(11)4-5-12-10/h7H,4-6H2,1-3H3. The molecule has 0 aliphatic carbocycles. The van der Waals surface area contributed by atoms with Crippen LogP contribution < -0.4 is 0 Å². The number of ketones is 1. The van der Waals surface area contributed by atoms with Crippen molar-refractivity contribution in [1.29, 1.82) is 0 Å². The number of carbonyl (C=O) groups excluding carboxylic acids is 1. The maximum absolute atomic E-state index is 11.3. The summed E-state index contributed by atoms with van der Waals surface area (Å²) in [6, 6.07) is 0. The molecule has 1 aliphatic rings. The molecule has 0 aromatic rings. The molecule has 0 atom stereocenters. The molecule has 0 N–H and O–H groups in total. The number of Topliss-reactive ketones (excluding diaryl/α,β-unsaturated/α-hetero) is 1. The summed E-state index contributed by atoms with van der Waals surface area (Å²) in [5, 5.41) is 0. The van der Waals surface area contributed by atoms with Crippen molar-refractivity contribution in [1.82, 2.24) is 0 Å². The van der Waals surface area contributed by atoms with Gasteiger partial charge in [-0.3, -0.25) is 4.79 Å². The predicted molar refractivity (Wildman–Crippen MR) is 54.2 cm³/mol. The number of carbonyl (C=O) groups is 1. The minimum atomic E-state index is 0.351. The molecule has 0 fully saturated rings. The monoisotopic (exact) mass is 184 g/mol. The minimum Gasteiger partial charge on any atom is -0.295 e. The predicted octanol–water partition coefficient (Wildman–Crippen LogP) is 3.01. The van der Waals surface area contributed by atoms with Crippen LogP contribution in [0.1, 0.15) is 33.6 Å². The van der Waals surface area contributed by atoms with Crippen LogP contribution in [0.5, 0.6) is 0 Å². The van der Waals surface area contributed by atoms with Gasteiger partial charge in [0, 0.05) is 17.7 Å². The van der Waals surface area contributed by atoms with Crippen molar-refractivity contribution in [2.45, 2.75) is 33.6 Å². The zero-order chi connectivity index (χ0) is 9.14. The first-order chi connectivity index (χ1) is 5.61. The SMILES string of the molecule is CC1=C(CC(C)C)SCCC1=O. The molecule has 0 unspecified atom stereocenters. The molecule has 0 bridgehead atoms. The molecule has 0 saturated heterocycles. The summed E-state index contributed by atoms with van der Waals surface area (Å²) in [5.41, 5.74) is 1.01. The van der Waals surface area contributed by atoms with Gasteiger partial charge in [0.05, 0.1) is 0 Å². The Balaban J connectivity index is 2.71. The number of hydrogen-bond acceptors (Lipinski definition) is 2. The number of rotatable bonds is 2. The second kappa shape index (κ2) is 4.13. The fraction of sp³-hybridized carbons (Fsp3) is 0.700. The van der Waals surface area contributed by atoms with E-state index in [1.54, 1.807) is 0 Å². The fourth-order valence-corrected chi connectivity index (χ4v) is 2.62. The second-order valence-electron chi connectivity index (χ2n) is 3.67. The normalized spacial score (nSPS) is 19.2. The lowest BCUT2D eigenvalue weighted by Gasteiger charge is -2.17. The number of thioether (sulfide) groups is 1. The largest absolute Gasteiger partial charge is 0.295 e. The van der Waals surface area contributed by atoms with E-state index < -0.39 is 0 Å². The molecule has 1 aliphatic heterocycles. The summed E-state index contributed by atoms with van der Waals surface area (Å²) < 4.78 is 0. The maximum atomic E-state index is 11.3. The summed E-state index contributed by atoms with van der Waals surface area (Å²) in [6.07, 6.45) is 1.81. The summed E-state index contributed by atoms with van der Waals surface area (Å²) in [7, 11) is 0. The first-order valence-electron chi connectivity index (χ1n) is 4.47. The van der Waals surface area contributed by atoms with E-state index in [2.05, 4.69) is 13.8 Å². The Hall–Kier alpha value is -0.240. The Kier molecular flexibility index (Phi) is 3.39. The molecule has 2 heteroatoms. The van der Waals surface area contributed by atoms with Crippen LogP contribution in [0.3, 0.4) is 0 Å². The van der Waals surface area contributed by atoms with Crippen LogP contribution >= 0.6 is 11.8 Å². The zero-order valence-electron chi connectivity index (χ0n) is 8.02. The van der Waals surface area contributed by atoms with Crippen LogP contribution in [-0.4, -0.2) is 11.5 Å². The molecule has 1 nitrogen and oxygen atoms in total. The molecule has 0 saturated carbocycles. The van der Waals surface area contributed by atoms with Crippen molar-refractivity contribution >= 4 is 17.5 Å². The van der Waals surface area contributed by atoms with Crippen LogP contribution in [0.25, 0.3) is 0 Å². The average Bonchev–Trinajstić information content (AvgIpc) is 1.98. The van der Waals surface area contributed by atoms with Gasteiger partial charge in [-0.2, -0.15) is 0 Å². The first kappa shape index (κ1) is 9.85. The Bertz CT molecular complexity index is 216. The molecule has 0 aromatic carbocycles. The second-order valence-corrected chi connectivity index (χ2v) is 4.86. The lowest BCUT2D eigenvalue weighted by molar-refractivity contribution is -0.115. The first-order valence-corrected chi connectivity index (χ1v) is 5.45. The van der Waals surface area contributed by atoms with Gasteiger partial charge in [-0.05, 0) is 24.2 Å². The van der Waals surface area contributed by atoms with E-state index in [-0.39, 0.29) is 0 Å². The molecular weight excluding hydrogens is 168 g/mol. The molecule has 0 radical (unpaired) electrons. The maximum Gasteiger partial charge on any atom is 0.160 e. The van der Waals surface area contributed by atoms with E-state index in [1.165, 1.54) is 4.91 Å². The molecule has 1 heterocycles. The lowest BCUT2D eigenvalue weighted by atomic mass is 10.0. The molecule has 0 spiro atoms. The van der Waals surface area contributed by atoms with Gasteiger partial charge in [-0.25, -0.2) is 0 Å². The van der Waals surface area contributed by atoms with Crippen molar-refractivity contribution in [3.8, 4) is 0 Å². The van der Waals surface area contributed by atoms with Crippen molar-refractivity contribution < 1.29 is 4.79 Å². The Morgan fingerprint density at radius 1 is 1.50 bits per heavy atom. The van der Waals surface area contributed by atoms with Crippen LogP contribution in [0.2, 0.25) is 0 Å². The van der Waals surface area contributed by atoms with E-state index in [1.807, 2.05) is 18.7 Å². The van der Waals surface area contributed by atoms with Gasteiger partial charge in [0.25, 0.3) is 0 Å². The molecule has 68 valence electrons. The van der Waals surface area contributed by atoms with Crippen LogP contribution in [0, 0.1) is 5.92 Å². The van der Waals surface area contributed by atoms with Crippen molar-refractivity contribution in [2.75, 3.05) is 5.75 Å². The summed E-state index contributed by atoms with van der Waals surface area (Å²) in [4.78, 5) is 12.6. The summed E-state index contributed by atoms with van der Waals surface area (Å²) in [6.45, 7) is 6.35. The fourth-order valence-electron chi connectivity index (χ4n) is 1.30. The summed E-state index contributed by atoms with van der Waals surface area (Å²) >= 11 is 1.86. The minimum absolute atomic E-state index is 0.351. The molecule has 1 rings (SSSR count). The topological polar surface area (TPSA) is 17.1 Å². The van der Waals surface area contributed by atoms with Crippen molar-refractivity contribution in [2.24, 2.45) is 5.92 Å². The molecule has 0 aromatic heterocycles. The third-order valence-corrected chi connectivity index (χ3v) is 3.27. The average molecular weight is 184 g/mol. The van der Waals surface area contributed by atoms with E-state index in [0.717, 1.165) is 24.2 Å². The van der Waals surface area contributed by atoms with Crippen molar-refractivity contribution in [3.05, 3.63) is 10.5 Å². The van der Waals surface area contributed by atoms with Gasteiger partial charge in [0.15, 0.2) is 5.78 Å². The van der Waals surface area contributed by atoms with Gasteiger partial charge in [0.2, 0.25) is 0 Å². The third-order valence-electron chi connectivity index (χ3n) is 2.04. The van der Waals surface area contributed by atoms with Crippen molar-refractivity contribution in [3.63, 3.8) is 0 Å². The highest BCUT2D eigenvalue weighted by Gasteiger charge is 2.17. The van der Waals surface area contributed by atoms with E-state index in [4.69, 9.17) is 0 Å². The number of allylic oxidation sites excluding steroid dienone is 2. The van der Waals surface area contributed by atoms with Gasteiger partial charge in [-0.1, -0.05) is 13.8 Å². The number of hydrogen-bond donors (Lipinski definition) is 0. The summed E-state index contributed by atoms with van der Waals surface area (Å²) in [5.74, 6) is 2.00. The molecular formula is C10H16OS. The van der Waals surface area contributed by atoms with Gasteiger partial charge in [0.1, 0.15) is 0 Å².